The van der Waals surface area contributed by atoms with Gasteiger partial charge in [-0.15, -0.1) is 0 Å². The van der Waals surface area contributed by atoms with E-state index in [1.54, 1.807) is 18.2 Å². The van der Waals surface area contributed by atoms with Gasteiger partial charge in [0, 0.05) is 10.9 Å². The highest BCUT2D eigenvalue weighted by Crippen LogP contribution is 2.28. The van der Waals surface area contributed by atoms with Crippen LogP contribution in [0.15, 0.2) is 52.9 Å². The normalized spacial score (nSPS) is 13.1. The summed E-state index contributed by atoms with van der Waals surface area (Å²) >= 11 is 0. The van der Waals surface area contributed by atoms with Crippen LogP contribution in [0.5, 0.6) is 0 Å². The third-order valence-corrected chi connectivity index (χ3v) is 4.55. The van der Waals surface area contributed by atoms with Crippen molar-refractivity contribution in [3.8, 4) is 0 Å². The van der Waals surface area contributed by atoms with Crippen molar-refractivity contribution < 1.29 is 14.3 Å². The Hall–Kier alpha value is -2.39. The van der Waals surface area contributed by atoms with Crippen LogP contribution < -0.4 is 0 Å². The van der Waals surface area contributed by atoms with Crippen LogP contribution in [-0.4, -0.2) is 11.4 Å². The van der Waals surface area contributed by atoms with Gasteiger partial charge in [-0.2, -0.15) is 0 Å². The van der Waals surface area contributed by atoms with Gasteiger partial charge >= 0.3 is 0 Å². The molecule has 0 aliphatic rings. The summed E-state index contributed by atoms with van der Waals surface area (Å²) in [7, 11) is 0. The number of aliphatic hydroxyl groups excluding tert-OH is 1. The molecule has 3 aromatic rings. The molecule has 0 amide bonds. The highest BCUT2D eigenvalue weighted by molar-refractivity contribution is 5.86. The van der Waals surface area contributed by atoms with Crippen LogP contribution in [0, 0.1) is 0 Å². The summed E-state index contributed by atoms with van der Waals surface area (Å²) in [5, 5.41) is 11.3. The largest absolute Gasteiger partial charge is 0.458 e. The third-order valence-electron chi connectivity index (χ3n) is 4.55. The highest BCUT2D eigenvalue weighted by Gasteiger charge is 2.15. The SMILES string of the molecule is CC(C)(C)c1ccc(CCC(O)c2cc3cc(C=O)ccc3o2)cc1. The summed E-state index contributed by atoms with van der Waals surface area (Å²) in [5.74, 6) is 0.546. The van der Waals surface area contributed by atoms with Gasteiger partial charge in [0.2, 0.25) is 0 Å². The first kappa shape index (κ1) is 17.4. The number of carbonyl (C=O) groups excluding carboxylic acids is 1. The standard InChI is InChI=1S/C22H24O3/c1-22(2,3)18-8-4-15(5-9-18)6-10-19(24)21-13-17-12-16(14-23)7-11-20(17)25-21/h4-5,7-9,11-14,19,24H,6,10H2,1-3H3. The number of carbonyl (C=O) groups is 1. The smallest absolute Gasteiger partial charge is 0.150 e. The number of benzene rings is 2. The number of fused-ring (bicyclic) bond motifs is 1. The van der Waals surface area contributed by atoms with Crippen molar-refractivity contribution in [2.24, 2.45) is 0 Å². The molecule has 3 heteroatoms. The predicted octanol–water partition coefficient (Wildman–Crippen LogP) is 5.21. The number of aryl methyl sites for hydroxylation is 1. The maximum Gasteiger partial charge on any atom is 0.150 e. The molecule has 3 nitrogen and oxygen atoms in total. The van der Waals surface area contributed by atoms with Crippen molar-refractivity contribution in [2.75, 3.05) is 0 Å². The average molecular weight is 336 g/mol. The molecular formula is C22H24O3. The minimum absolute atomic E-state index is 0.146. The van der Waals surface area contributed by atoms with E-state index < -0.39 is 6.10 Å². The number of furan rings is 1. The first-order chi connectivity index (χ1) is 11.9. The summed E-state index contributed by atoms with van der Waals surface area (Å²) < 4.78 is 5.72. The van der Waals surface area contributed by atoms with Gasteiger partial charge in [-0.1, -0.05) is 45.0 Å². The maximum absolute atomic E-state index is 10.9. The Labute approximate surface area is 148 Å². The molecule has 0 fully saturated rings. The molecule has 0 aliphatic heterocycles. The summed E-state index contributed by atoms with van der Waals surface area (Å²) in [6.07, 6.45) is 1.52. The molecule has 1 unspecified atom stereocenters. The van der Waals surface area contributed by atoms with Crippen molar-refractivity contribution in [1.82, 2.24) is 0 Å². The molecule has 0 radical (unpaired) electrons. The van der Waals surface area contributed by atoms with Crippen molar-refractivity contribution in [3.05, 3.63) is 71.0 Å². The molecule has 2 aromatic carbocycles. The van der Waals surface area contributed by atoms with Crippen molar-refractivity contribution in [3.63, 3.8) is 0 Å². The van der Waals surface area contributed by atoms with Crippen molar-refractivity contribution in [2.45, 2.75) is 45.1 Å². The highest BCUT2D eigenvalue weighted by atomic mass is 16.4. The first-order valence-corrected chi connectivity index (χ1v) is 8.63. The zero-order chi connectivity index (χ0) is 18.0. The molecule has 130 valence electrons. The zero-order valence-corrected chi connectivity index (χ0v) is 15.0. The van der Waals surface area contributed by atoms with Crippen LogP contribution in [0.2, 0.25) is 0 Å². The van der Waals surface area contributed by atoms with E-state index in [4.69, 9.17) is 4.42 Å². The lowest BCUT2D eigenvalue weighted by Crippen LogP contribution is -2.10. The first-order valence-electron chi connectivity index (χ1n) is 8.63. The summed E-state index contributed by atoms with van der Waals surface area (Å²) in [5.41, 5.74) is 3.95. The Bertz CT molecular complexity index is 866. The topological polar surface area (TPSA) is 50.4 Å². The summed E-state index contributed by atoms with van der Waals surface area (Å²) in [6.45, 7) is 6.59. The predicted molar refractivity (Wildman–Crippen MR) is 100 cm³/mol. The van der Waals surface area contributed by atoms with E-state index in [0.29, 0.717) is 23.3 Å². The Kier molecular flexibility index (Phi) is 4.78. The molecular weight excluding hydrogens is 312 g/mol. The maximum atomic E-state index is 10.9. The van der Waals surface area contributed by atoms with Gasteiger partial charge in [-0.25, -0.2) is 0 Å². The zero-order valence-electron chi connectivity index (χ0n) is 15.0. The second kappa shape index (κ2) is 6.85. The van der Waals surface area contributed by atoms with Crippen LogP contribution in [0.25, 0.3) is 11.0 Å². The Morgan fingerprint density at radius 1 is 1.08 bits per heavy atom. The van der Waals surface area contributed by atoms with Crippen molar-refractivity contribution >= 4 is 17.3 Å². The molecule has 1 atom stereocenters. The minimum atomic E-state index is -0.658. The van der Waals surface area contributed by atoms with Gasteiger partial charge in [0.15, 0.2) is 0 Å². The molecule has 1 heterocycles. The van der Waals surface area contributed by atoms with Crippen LogP contribution in [0.3, 0.4) is 0 Å². The molecule has 0 bridgehead atoms. The lowest BCUT2D eigenvalue weighted by atomic mass is 9.86. The third kappa shape index (κ3) is 3.99. The van der Waals surface area contributed by atoms with E-state index in [1.807, 2.05) is 6.07 Å². The lowest BCUT2D eigenvalue weighted by Gasteiger charge is -2.19. The van der Waals surface area contributed by atoms with Gasteiger partial charge in [-0.05, 0) is 53.6 Å². The summed E-state index contributed by atoms with van der Waals surface area (Å²) in [6, 6.07) is 15.6. The number of hydrogen-bond donors (Lipinski definition) is 1. The second-order valence-corrected chi connectivity index (χ2v) is 7.57. The second-order valence-electron chi connectivity index (χ2n) is 7.57. The van der Waals surface area contributed by atoms with E-state index in [9.17, 15) is 9.90 Å². The molecule has 3 rings (SSSR count). The van der Waals surface area contributed by atoms with E-state index >= 15 is 0 Å². The fourth-order valence-electron chi connectivity index (χ4n) is 2.94. The van der Waals surface area contributed by atoms with Crippen molar-refractivity contribution in [1.29, 1.82) is 0 Å². The molecule has 25 heavy (non-hydrogen) atoms. The Morgan fingerprint density at radius 2 is 1.80 bits per heavy atom. The molecule has 0 aliphatic carbocycles. The van der Waals surface area contributed by atoms with E-state index in [0.717, 1.165) is 18.1 Å². The van der Waals surface area contributed by atoms with E-state index in [-0.39, 0.29) is 5.41 Å². The lowest BCUT2D eigenvalue weighted by molar-refractivity contribution is 0.112. The van der Waals surface area contributed by atoms with E-state index in [1.165, 1.54) is 11.1 Å². The fourth-order valence-corrected chi connectivity index (χ4v) is 2.94. The van der Waals surface area contributed by atoms with Gasteiger partial charge in [0.25, 0.3) is 0 Å². The van der Waals surface area contributed by atoms with Gasteiger partial charge in [0.05, 0.1) is 0 Å². The quantitative estimate of drug-likeness (QED) is 0.651. The molecule has 0 spiro atoms. The molecule has 1 N–H and O–H groups in total. The van der Waals surface area contributed by atoms with Gasteiger partial charge < -0.3 is 9.52 Å². The molecule has 0 saturated carbocycles. The van der Waals surface area contributed by atoms with Crippen LogP contribution >= 0.6 is 0 Å². The van der Waals surface area contributed by atoms with Crippen LogP contribution in [-0.2, 0) is 11.8 Å². The van der Waals surface area contributed by atoms with Gasteiger partial charge in [0.1, 0.15) is 23.7 Å². The fraction of sp³-hybridized carbons (Fsp3) is 0.318. The Balaban J connectivity index is 1.68. The minimum Gasteiger partial charge on any atom is -0.458 e. The number of rotatable bonds is 5. The average Bonchev–Trinajstić information content (AvgIpc) is 3.02. The Morgan fingerprint density at radius 3 is 2.44 bits per heavy atom. The monoisotopic (exact) mass is 336 g/mol. The summed E-state index contributed by atoms with van der Waals surface area (Å²) in [4.78, 5) is 10.9. The molecule has 0 saturated heterocycles. The number of aliphatic hydroxyl groups is 1. The van der Waals surface area contributed by atoms with E-state index in [2.05, 4.69) is 45.0 Å². The van der Waals surface area contributed by atoms with Crippen LogP contribution in [0.1, 0.15) is 60.5 Å². The van der Waals surface area contributed by atoms with Crippen LogP contribution in [0.4, 0.5) is 0 Å². The number of hydrogen-bond acceptors (Lipinski definition) is 3. The molecule has 1 aromatic heterocycles. The van der Waals surface area contributed by atoms with Gasteiger partial charge in [-0.3, -0.25) is 4.79 Å². The number of aldehydes is 1.